The number of nitrogens with zero attached hydrogens (tertiary/aromatic N) is 2. The molecule has 2 fully saturated rings. The summed E-state index contributed by atoms with van der Waals surface area (Å²) in [4.78, 5) is 44.1. The van der Waals surface area contributed by atoms with E-state index in [-0.39, 0.29) is 23.8 Å². The molecule has 0 aromatic heterocycles. The van der Waals surface area contributed by atoms with Crippen LogP contribution in [0.5, 0.6) is 0 Å². The lowest BCUT2D eigenvalue weighted by Gasteiger charge is -2.30. The molecule has 2 aromatic carbocycles. The summed E-state index contributed by atoms with van der Waals surface area (Å²) in [5.74, 6) is -2.16. The van der Waals surface area contributed by atoms with Gasteiger partial charge < -0.3 is 4.90 Å². The number of carbonyl (C=O) groups excluding carboxylic acids is 3. The number of imide groups is 1. The van der Waals surface area contributed by atoms with Crippen LogP contribution in [-0.4, -0.2) is 30.3 Å². The summed E-state index contributed by atoms with van der Waals surface area (Å²) in [5.41, 5.74) is 0.797. The number of amides is 3. The van der Waals surface area contributed by atoms with Gasteiger partial charge in [-0.1, -0.05) is 47.1 Å². The van der Waals surface area contributed by atoms with Gasteiger partial charge in [-0.3, -0.25) is 19.7 Å². The van der Waals surface area contributed by atoms with Gasteiger partial charge in [-0.05, 0) is 36.8 Å². The monoisotopic (exact) mass is 479 g/mol. The van der Waals surface area contributed by atoms with Crippen LogP contribution in [-0.2, 0) is 19.9 Å². The Morgan fingerprint density at radius 2 is 1.81 bits per heavy atom. The molecule has 6 nitrogen and oxygen atoms in total. The molecule has 2 aromatic rings. The summed E-state index contributed by atoms with van der Waals surface area (Å²) in [5, 5.41) is 3.45. The third-order valence-electron chi connectivity index (χ3n) is 6.70. The van der Waals surface area contributed by atoms with Crippen molar-refractivity contribution in [3.05, 3.63) is 71.2 Å². The molecule has 0 radical (unpaired) electrons. The Kier molecular flexibility index (Phi) is 4.64. The van der Waals surface area contributed by atoms with Gasteiger partial charge in [0.25, 0.3) is 5.91 Å². The molecule has 31 heavy (non-hydrogen) atoms. The van der Waals surface area contributed by atoms with Crippen molar-refractivity contribution in [3.63, 3.8) is 0 Å². The van der Waals surface area contributed by atoms with Crippen LogP contribution in [0.2, 0.25) is 0 Å². The van der Waals surface area contributed by atoms with Crippen LogP contribution in [0.3, 0.4) is 0 Å². The standard InChI is InChI=1S/C24H22BrN3O3/c1-3-13-27-18-8-6-5-7-16(18)24(23(27)31)20-19(17(4-2)26-24)21(29)28(22(20)30)15-11-9-14(25)10-12-15/h3,5-12,17,19-20,26H,1,4,13H2,2H3/t17-,19+,20-,24+/m1/s1. The second-order valence-corrected chi connectivity index (χ2v) is 9.10. The molecule has 2 saturated heterocycles. The fraction of sp³-hybridized carbons (Fsp3) is 0.292. The number of nitrogens with one attached hydrogen (secondary N) is 1. The van der Waals surface area contributed by atoms with Gasteiger partial charge in [0.1, 0.15) is 5.54 Å². The van der Waals surface area contributed by atoms with Gasteiger partial charge in [0.2, 0.25) is 11.8 Å². The Hall–Kier alpha value is -2.77. The van der Waals surface area contributed by atoms with Crippen LogP contribution in [0.15, 0.2) is 65.7 Å². The van der Waals surface area contributed by atoms with Gasteiger partial charge in [-0.15, -0.1) is 6.58 Å². The number of para-hydroxylation sites is 1. The van der Waals surface area contributed by atoms with E-state index in [1.807, 2.05) is 31.2 Å². The summed E-state index contributed by atoms with van der Waals surface area (Å²) in [6.07, 6.45) is 2.31. The molecule has 0 bridgehead atoms. The van der Waals surface area contributed by atoms with E-state index in [0.29, 0.717) is 18.7 Å². The first kappa shape index (κ1) is 20.2. The molecule has 0 unspecified atom stereocenters. The van der Waals surface area contributed by atoms with Crippen molar-refractivity contribution >= 4 is 45.0 Å². The Morgan fingerprint density at radius 3 is 2.48 bits per heavy atom. The van der Waals surface area contributed by atoms with E-state index in [4.69, 9.17) is 0 Å². The highest BCUT2D eigenvalue weighted by Crippen LogP contribution is 2.55. The zero-order valence-corrected chi connectivity index (χ0v) is 18.6. The zero-order valence-electron chi connectivity index (χ0n) is 17.0. The number of fused-ring (bicyclic) bond motifs is 4. The molecule has 3 aliphatic heterocycles. The van der Waals surface area contributed by atoms with Crippen LogP contribution >= 0.6 is 15.9 Å². The Morgan fingerprint density at radius 1 is 1.10 bits per heavy atom. The van der Waals surface area contributed by atoms with Crippen LogP contribution in [0.1, 0.15) is 18.9 Å². The third-order valence-corrected chi connectivity index (χ3v) is 7.23. The second-order valence-electron chi connectivity index (χ2n) is 8.18. The minimum atomic E-state index is -1.25. The maximum atomic E-state index is 13.8. The molecule has 0 aliphatic carbocycles. The first-order chi connectivity index (χ1) is 15.0. The molecular weight excluding hydrogens is 458 g/mol. The minimum absolute atomic E-state index is 0.196. The number of anilines is 2. The van der Waals surface area contributed by atoms with Gasteiger partial charge in [0, 0.05) is 28.3 Å². The van der Waals surface area contributed by atoms with Crippen molar-refractivity contribution in [1.82, 2.24) is 5.32 Å². The average molecular weight is 480 g/mol. The number of hydrogen-bond donors (Lipinski definition) is 1. The lowest BCUT2D eigenvalue weighted by molar-refractivity contribution is -0.132. The van der Waals surface area contributed by atoms with E-state index in [2.05, 4.69) is 27.8 Å². The highest BCUT2D eigenvalue weighted by Gasteiger charge is 2.71. The smallest absolute Gasteiger partial charge is 0.253 e. The molecule has 7 heteroatoms. The predicted octanol–water partition coefficient (Wildman–Crippen LogP) is 3.36. The first-order valence-corrected chi connectivity index (χ1v) is 11.2. The first-order valence-electron chi connectivity index (χ1n) is 10.4. The van der Waals surface area contributed by atoms with E-state index in [9.17, 15) is 14.4 Å². The lowest BCUT2D eigenvalue weighted by atomic mass is 9.76. The van der Waals surface area contributed by atoms with Gasteiger partial charge in [-0.2, -0.15) is 0 Å². The quantitative estimate of drug-likeness (QED) is 0.539. The summed E-state index contributed by atoms with van der Waals surface area (Å²) < 4.78 is 0.861. The fourth-order valence-electron chi connectivity index (χ4n) is 5.45. The number of carbonyl (C=O) groups is 3. The van der Waals surface area contributed by atoms with E-state index in [0.717, 1.165) is 15.7 Å². The molecule has 4 atom stereocenters. The van der Waals surface area contributed by atoms with Crippen molar-refractivity contribution in [2.75, 3.05) is 16.3 Å². The van der Waals surface area contributed by atoms with Gasteiger partial charge >= 0.3 is 0 Å². The molecule has 1 spiro atoms. The molecule has 1 N–H and O–H groups in total. The van der Waals surface area contributed by atoms with Crippen LogP contribution < -0.4 is 15.1 Å². The summed E-state index contributed by atoms with van der Waals surface area (Å²) in [6, 6.07) is 14.3. The maximum Gasteiger partial charge on any atom is 0.253 e. The predicted molar refractivity (Wildman–Crippen MR) is 121 cm³/mol. The Bertz CT molecular complexity index is 1120. The summed E-state index contributed by atoms with van der Waals surface area (Å²) >= 11 is 3.39. The molecule has 3 heterocycles. The fourth-order valence-corrected chi connectivity index (χ4v) is 5.72. The minimum Gasteiger partial charge on any atom is -0.306 e. The Labute approximate surface area is 189 Å². The third kappa shape index (κ3) is 2.56. The molecule has 5 rings (SSSR count). The van der Waals surface area contributed by atoms with Crippen molar-refractivity contribution in [1.29, 1.82) is 0 Å². The Balaban J connectivity index is 1.68. The van der Waals surface area contributed by atoms with Crippen LogP contribution in [0, 0.1) is 11.8 Å². The van der Waals surface area contributed by atoms with Crippen molar-refractivity contribution in [2.24, 2.45) is 11.8 Å². The van der Waals surface area contributed by atoms with Crippen molar-refractivity contribution < 1.29 is 14.4 Å². The van der Waals surface area contributed by atoms with E-state index >= 15 is 0 Å². The van der Waals surface area contributed by atoms with Gasteiger partial charge in [-0.25, -0.2) is 4.90 Å². The van der Waals surface area contributed by atoms with E-state index < -0.39 is 17.4 Å². The average Bonchev–Trinajstić information content (AvgIpc) is 3.34. The maximum absolute atomic E-state index is 13.8. The van der Waals surface area contributed by atoms with Crippen LogP contribution in [0.4, 0.5) is 11.4 Å². The number of hydrogen-bond acceptors (Lipinski definition) is 4. The molecule has 158 valence electrons. The number of rotatable bonds is 4. The van der Waals surface area contributed by atoms with E-state index in [1.165, 1.54) is 4.90 Å². The van der Waals surface area contributed by atoms with Crippen molar-refractivity contribution in [3.8, 4) is 0 Å². The molecule has 3 aliphatic rings. The topological polar surface area (TPSA) is 69.7 Å². The lowest BCUT2D eigenvalue weighted by Crippen LogP contribution is -2.55. The SMILES string of the molecule is C=CCN1C(=O)[C@]2(N[C@H](CC)[C@@H]3C(=O)N(c4ccc(Br)cc4)C(=O)[C@@H]32)c2ccccc21. The zero-order chi connectivity index (χ0) is 21.9. The van der Waals surface area contributed by atoms with Crippen LogP contribution in [0.25, 0.3) is 0 Å². The van der Waals surface area contributed by atoms with Gasteiger partial charge in [0.15, 0.2) is 0 Å². The second kappa shape index (κ2) is 7.14. The normalized spacial score (nSPS) is 29.1. The highest BCUT2D eigenvalue weighted by molar-refractivity contribution is 9.10. The number of halogens is 1. The summed E-state index contributed by atoms with van der Waals surface area (Å²) in [7, 11) is 0. The highest BCUT2D eigenvalue weighted by atomic mass is 79.9. The van der Waals surface area contributed by atoms with Crippen molar-refractivity contribution in [2.45, 2.75) is 24.9 Å². The van der Waals surface area contributed by atoms with Gasteiger partial charge in [0.05, 0.1) is 17.5 Å². The number of benzene rings is 2. The molecule has 3 amide bonds. The largest absolute Gasteiger partial charge is 0.306 e. The molecular formula is C24H22BrN3O3. The van der Waals surface area contributed by atoms with E-state index in [1.54, 1.807) is 35.2 Å². The summed E-state index contributed by atoms with van der Waals surface area (Å²) in [6.45, 7) is 6.09. The molecule has 0 saturated carbocycles.